The Morgan fingerprint density at radius 2 is 1.48 bits per heavy atom. The van der Waals surface area contributed by atoms with Crippen molar-refractivity contribution in [2.75, 3.05) is 0 Å². The monoisotopic (exact) mass is 278 g/mol. The van der Waals surface area contributed by atoms with Gasteiger partial charge in [-0.15, -0.1) is 0 Å². The first kappa shape index (κ1) is 13.7. The number of hydrogen-bond donors (Lipinski definition) is 1. The van der Waals surface area contributed by atoms with E-state index < -0.39 is 6.10 Å². The van der Waals surface area contributed by atoms with E-state index in [2.05, 4.69) is 35.9 Å². The number of benzene rings is 2. The molecule has 0 aliphatic rings. The number of aliphatic hydroxyl groups excluding tert-OH is 1. The maximum atomic E-state index is 10.7. The standard InChI is InChI=1S/C18H18N2O/c1-11-8-13(3)15(9-12(11)2)18(21)14-4-5-16-17(10-14)20-7-6-19-16/h4-10,18,21H,1-3H3. The average molecular weight is 278 g/mol. The molecular formula is C18H18N2O. The van der Waals surface area contributed by atoms with Crippen LogP contribution in [0.2, 0.25) is 0 Å². The highest BCUT2D eigenvalue weighted by atomic mass is 16.3. The van der Waals surface area contributed by atoms with Gasteiger partial charge < -0.3 is 5.11 Å². The van der Waals surface area contributed by atoms with Crippen LogP contribution >= 0.6 is 0 Å². The van der Waals surface area contributed by atoms with Crippen molar-refractivity contribution in [1.82, 2.24) is 9.97 Å². The van der Waals surface area contributed by atoms with Gasteiger partial charge in [-0.25, -0.2) is 0 Å². The molecule has 1 unspecified atom stereocenters. The Morgan fingerprint density at radius 3 is 2.24 bits per heavy atom. The van der Waals surface area contributed by atoms with Crippen molar-refractivity contribution >= 4 is 11.0 Å². The first-order valence-electron chi connectivity index (χ1n) is 7.03. The summed E-state index contributed by atoms with van der Waals surface area (Å²) in [5.74, 6) is 0. The summed E-state index contributed by atoms with van der Waals surface area (Å²) < 4.78 is 0. The van der Waals surface area contributed by atoms with Gasteiger partial charge in [-0.3, -0.25) is 9.97 Å². The molecule has 0 saturated heterocycles. The quantitative estimate of drug-likeness (QED) is 0.778. The molecule has 0 radical (unpaired) electrons. The van der Waals surface area contributed by atoms with Gasteiger partial charge in [0.2, 0.25) is 0 Å². The molecule has 0 spiro atoms. The fourth-order valence-corrected chi connectivity index (χ4v) is 2.61. The van der Waals surface area contributed by atoms with Crippen LogP contribution in [0.25, 0.3) is 11.0 Å². The third-order valence-corrected chi connectivity index (χ3v) is 3.99. The topological polar surface area (TPSA) is 46.0 Å². The van der Waals surface area contributed by atoms with E-state index in [1.165, 1.54) is 11.1 Å². The molecule has 3 heteroatoms. The molecular weight excluding hydrogens is 260 g/mol. The number of hydrogen-bond acceptors (Lipinski definition) is 3. The normalized spacial score (nSPS) is 12.6. The lowest BCUT2D eigenvalue weighted by Crippen LogP contribution is -2.03. The van der Waals surface area contributed by atoms with Gasteiger partial charge >= 0.3 is 0 Å². The van der Waals surface area contributed by atoms with Crippen molar-refractivity contribution < 1.29 is 5.11 Å². The van der Waals surface area contributed by atoms with Gasteiger partial charge in [-0.2, -0.15) is 0 Å². The van der Waals surface area contributed by atoms with Crippen molar-refractivity contribution in [3.63, 3.8) is 0 Å². The molecule has 0 aliphatic carbocycles. The molecule has 3 nitrogen and oxygen atoms in total. The Balaban J connectivity index is 2.07. The van der Waals surface area contributed by atoms with Crippen molar-refractivity contribution in [1.29, 1.82) is 0 Å². The fraction of sp³-hybridized carbons (Fsp3) is 0.222. The van der Waals surface area contributed by atoms with E-state index in [-0.39, 0.29) is 0 Å². The average Bonchev–Trinajstić information content (AvgIpc) is 2.50. The summed E-state index contributed by atoms with van der Waals surface area (Å²) in [6, 6.07) is 9.90. The minimum absolute atomic E-state index is 0.643. The zero-order valence-electron chi connectivity index (χ0n) is 12.5. The zero-order chi connectivity index (χ0) is 15.0. The van der Waals surface area contributed by atoms with E-state index in [9.17, 15) is 5.11 Å². The Kier molecular flexibility index (Phi) is 3.43. The van der Waals surface area contributed by atoms with Crippen LogP contribution < -0.4 is 0 Å². The Bertz CT molecular complexity index is 811. The predicted molar refractivity (Wildman–Crippen MR) is 84.3 cm³/mol. The highest BCUT2D eigenvalue weighted by Crippen LogP contribution is 2.28. The highest BCUT2D eigenvalue weighted by molar-refractivity contribution is 5.74. The molecule has 3 aromatic rings. The minimum atomic E-state index is -0.643. The predicted octanol–water partition coefficient (Wildman–Crippen LogP) is 3.64. The molecule has 1 atom stereocenters. The molecule has 1 aromatic heterocycles. The van der Waals surface area contributed by atoms with Crippen molar-refractivity contribution in [2.24, 2.45) is 0 Å². The van der Waals surface area contributed by atoms with Gasteiger partial charge in [0.25, 0.3) is 0 Å². The third kappa shape index (κ3) is 2.52. The Morgan fingerprint density at radius 1 is 0.810 bits per heavy atom. The van der Waals surface area contributed by atoms with Crippen LogP contribution in [0.4, 0.5) is 0 Å². The maximum Gasteiger partial charge on any atom is 0.104 e. The summed E-state index contributed by atoms with van der Waals surface area (Å²) in [6.45, 7) is 6.19. The summed E-state index contributed by atoms with van der Waals surface area (Å²) in [5, 5.41) is 10.7. The van der Waals surface area contributed by atoms with Crippen molar-refractivity contribution in [2.45, 2.75) is 26.9 Å². The second-order valence-corrected chi connectivity index (χ2v) is 5.50. The smallest absolute Gasteiger partial charge is 0.104 e. The molecule has 1 heterocycles. The molecule has 0 bridgehead atoms. The minimum Gasteiger partial charge on any atom is -0.384 e. The van der Waals surface area contributed by atoms with Crippen LogP contribution in [-0.2, 0) is 0 Å². The molecule has 2 aromatic carbocycles. The third-order valence-electron chi connectivity index (χ3n) is 3.99. The second-order valence-electron chi connectivity index (χ2n) is 5.50. The molecule has 1 N–H and O–H groups in total. The van der Waals surface area contributed by atoms with Crippen LogP contribution in [-0.4, -0.2) is 15.1 Å². The number of fused-ring (bicyclic) bond motifs is 1. The van der Waals surface area contributed by atoms with Gasteiger partial charge in [0, 0.05) is 12.4 Å². The zero-order valence-corrected chi connectivity index (χ0v) is 12.5. The van der Waals surface area contributed by atoms with E-state index >= 15 is 0 Å². The summed E-state index contributed by atoms with van der Waals surface area (Å²) in [5.41, 5.74) is 6.96. The van der Waals surface area contributed by atoms with Gasteiger partial charge in [0.15, 0.2) is 0 Å². The number of nitrogens with zero attached hydrogens (tertiary/aromatic N) is 2. The lowest BCUT2D eigenvalue weighted by molar-refractivity contribution is 0.219. The Hall–Kier alpha value is -2.26. The molecule has 0 aliphatic heterocycles. The molecule has 106 valence electrons. The van der Waals surface area contributed by atoms with Gasteiger partial charge in [0.1, 0.15) is 6.10 Å². The highest BCUT2D eigenvalue weighted by Gasteiger charge is 2.15. The van der Waals surface area contributed by atoms with E-state index in [1.807, 2.05) is 25.1 Å². The van der Waals surface area contributed by atoms with Gasteiger partial charge in [-0.05, 0) is 60.7 Å². The van der Waals surface area contributed by atoms with Crippen LogP contribution in [0.1, 0.15) is 33.9 Å². The van der Waals surface area contributed by atoms with Crippen molar-refractivity contribution in [3.05, 3.63) is 70.5 Å². The van der Waals surface area contributed by atoms with E-state index in [1.54, 1.807) is 12.4 Å². The van der Waals surface area contributed by atoms with E-state index in [0.717, 1.165) is 27.7 Å². The largest absolute Gasteiger partial charge is 0.384 e. The SMILES string of the molecule is Cc1cc(C)c(C(O)c2ccc3nccnc3c2)cc1C. The lowest BCUT2D eigenvalue weighted by Gasteiger charge is -2.16. The van der Waals surface area contributed by atoms with Crippen LogP contribution in [0.5, 0.6) is 0 Å². The van der Waals surface area contributed by atoms with Gasteiger partial charge in [-0.1, -0.05) is 18.2 Å². The molecule has 0 saturated carbocycles. The van der Waals surface area contributed by atoms with Crippen LogP contribution in [0.15, 0.2) is 42.7 Å². The molecule has 3 rings (SSSR count). The van der Waals surface area contributed by atoms with E-state index in [0.29, 0.717) is 0 Å². The Labute approximate surface area is 124 Å². The van der Waals surface area contributed by atoms with Gasteiger partial charge in [0.05, 0.1) is 11.0 Å². The molecule has 21 heavy (non-hydrogen) atoms. The summed E-state index contributed by atoms with van der Waals surface area (Å²) in [7, 11) is 0. The summed E-state index contributed by atoms with van der Waals surface area (Å²) >= 11 is 0. The number of aliphatic hydroxyl groups is 1. The molecule has 0 amide bonds. The first-order valence-corrected chi connectivity index (χ1v) is 7.03. The summed E-state index contributed by atoms with van der Waals surface area (Å²) in [6.07, 6.45) is 2.70. The van der Waals surface area contributed by atoms with Crippen LogP contribution in [0, 0.1) is 20.8 Å². The van der Waals surface area contributed by atoms with E-state index in [4.69, 9.17) is 0 Å². The maximum absolute atomic E-state index is 10.7. The molecule has 0 fully saturated rings. The lowest BCUT2D eigenvalue weighted by atomic mass is 9.93. The van der Waals surface area contributed by atoms with Crippen molar-refractivity contribution in [3.8, 4) is 0 Å². The first-order chi connectivity index (χ1) is 10.1. The fourth-order valence-electron chi connectivity index (χ4n) is 2.61. The van der Waals surface area contributed by atoms with Crippen LogP contribution in [0.3, 0.4) is 0 Å². The summed E-state index contributed by atoms with van der Waals surface area (Å²) in [4.78, 5) is 8.55. The number of rotatable bonds is 2. The number of aromatic nitrogens is 2. The number of aryl methyl sites for hydroxylation is 3. The second kappa shape index (κ2) is 5.26.